The van der Waals surface area contributed by atoms with Crippen LogP contribution in [0.4, 0.5) is 5.82 Å². The maximum absolute atomic E-state index is 12.2. The first kappa shape index (κ1) is 13.1. The van der Waals surface area contributed by atoms with Gasteiger partial charge in [-0.1, -0.05) is 19.1 Å². The van der Waals surface area contributed by atoms with E-state index in [4.69, 9.17) is 5.73 Å². The van der Waals surface area contributed by atoms with Crippen LogP contribution in [0.1, 0.15) is 19.8 Å². The van der Waals surface area contributed by atoms with Crippen molar-refractivity contribution in [3.05, 3.63) is 34.7 Å². The molecule has 1 atom stereocenters. The zero-order valence-electron chi connectivity index (χ0n) is 11.7. The fourth-order valence-electron chi connectivity index (χ4n) is 3.10. The molecular weight excluding hydrogens is 252 g/mol. The first-order valence-corrected chi connectivity index (χ1v) is 7.20. The number of para-hydroxylation sites is 1. The van der Waals surface area contributed by atoms with E-state index in [1.165, 1.54) is 6.42 Å². The molecule has 0 amide bonds. The minimum absolute atomic E-state index is 0.246. The lowest BCUT2D eigenvalue weighted by atomic mass is 10.2. The van der Waals surface area contributed by atoms with Gasteiger partial charge in [-0.15, -0.1) is 0 Å². The summed E-state index contributed by atoms with van der Waals surface area (Å²) in [7, 11) is 0. The SMILES string of the molecule is CCN1CCC[C@@H]1Cn1c(N)c2ccccc2nc1=O. The molecular formula is C15H20N4O. The number of aromatic nitrogens is 2. The van der Waals surface area contributed by atoms with Gasteiger partial charge in [0.25, 0.3) is 0 Å². The molecule has 1 aromatic heterocycles. The number of nitrogens with zero attached hydrogens (tertiary/aromatic N) is 3. The molecule has 0 saturated carbocycles. The predicted molar refractivity (Wildman–Crippen MR) is 80.7 cm³/mol. The quantitative estimate of drug-likeness (QED) is 0.919. The summed E-state index contributed by atoms with van der Waals surface area (Å²) in [6.07, 6.45) is 2.31. The van der Waals surface area contributed by atoms with Crippen molar-refractivity contribution in [1.29, 1.82) is 0 Å². The standard InChI is InChI=1S/C15H20N4O/c1-2-18-9-5-6-11(18)10-19-14(16)12-7-3-4-8-13(12)17-15(19)20/h3-4,7-8,11H,2,5-6,9-10,16H2,1H3/t11-/m1/s1. The fourth-order valence-corrected chi connectivity index (χ4v) is 3.10. The minimum Gasteiger partial charge on any atom is -0.384 e. The van der Waals surface area contributed by atoms with Gasteiger partial charge in [0.1, 0.15) is 5.82 Å². The Morgan fingerprint density at radius 1 is 1.40 bits per heavy atom. The monoisotopic (exact) mass is 272 g/mol. The maximum Gasteiger partial charge on any atom is 0.349 e. The number of hydrogen-bond acceptors (Lipinski definition) is 4. The van der Waals surface area contributed by atoms with Gasteiger partial charge in [-0.2, -0.15) is 4.98 Å². The molecule has 2 aromatic rings. The van der Waals surface area contributed by atoms with E-state index in [-0.39, 0.29) is 5.69 Å². The summed E-state index contributed by atoms with van der Waals surface area (Å²) < 4.78 is 1.63. The van der Waals surface area contributed by atoms with Crippen LogP contribution in [0.2, 0.25) is 0 Å². The Morgan fingerprint density at radius 2 is 2.20 bits per heavy atom. The van der Waals surface area contributed by atoms with Crippen LogP contribution in [0.3, 0.4) is 0 Å². The van der Waals surface area contributed by atoms with Gasteiger partial charge in [-0.3, -0.25) is 9.47 Å². The highest BCUT2D eigenvalue weighted by molar-refractivity contribution is 5.87. The normalized spacial score (nSPS) is 19.8. The van der Waals surface area contributed by atoms with Gasteiger partial charge >= 0.3 is 5.69 Å². The highest BCUT2D eigenvalue weighted by Gasteiger charge is 2.24. The van der Waals surface area contributed by atoms with Crippen molar-refractivity contribution in [3.63, 3.8) is 0 Å². The van der Waals surface area contributed by atoms with E-state index in [0.717, 1.165) is 24.9 Å². The van der Waals surface area contributed by atoms with Crippen LogP contribution in [0.15, 0.2) is 29.1 Å². The van der Waals surface area contributed by atoms with Gasteiger partial charge in [-0.25, -0.2) is 4.79 Å². The van der Waals surface area contributed by atoms with Crippen molar-refractivity contribution in [2.45, 2.75) is 32.4 Å². The molecule has 1 aliphatic heterocycles. The Hall–Kier alpha value is -1.88. The third-order valence-electron chi connectivity index (χ3n) is 4.22. The van der Waals surface area contributed by atoms with Crippen molar-refractivity contribution < 1.29 is 0 Å². The topological polar surface area (TPSA) is 64.2 Å². The van der Waals surface area contributed by atoms with Gasteiger partial charge in [0, 0.05) is 18.0 Å². The molecule has 2 heterocycles. The summed E-state index contributed by atoms with van der Waals surface area (Å²) in [6, 6.07) is 7.92. The lowest BCUT2D eigenvalue weighted by molar-refractivity contribution is 0.243. The number of likely N-dealkylation sites (N-methyl/N-ethyl adjacent to an activating group) is 1. The molecule has 1 saturated heterocycles. The van der Waals surface area contributed by atoms with E-state index in [9.17, 15) is 4.79 Å². The smallest absolute Gasteiger partial charge is 0.349 e. The van der Waals surface area contributed by atoms with Crippen molar-refractivity contribution in [2.75, 3.05) is 18.8 Å². The molecule has 0 spiro atoms. The minimum atomic E-state index is -0.246. The lowest BCUT2D eigenvalue weighted by Gasteiger charge is -2.24. The van der Waals surface area contributed by atoms with Crippen LogP contribution in [-0.2, 0) is 6.54 Å². The first-order valence-electron chi connectivity index (χ1n) is 7.20. The van der Waals surface area contributed by atoms with Gasteiger partial charge in [0.15, 0.2) is 0 Å². The van der Waals surface area contributed by atoms with Crippen molar-refractivity contribution in [1.82, 2.24) is 14.5 Å². The van der Waals surface area contributed by atoms with E-state index < -0.39 is 0 Å². The van der Waals surface area contributed by atoms with Crippen LogP contribution in [0, 0.1) is 0 Å². The van der Waals surface area contributed by atoms with Crippen LogP contribution in [0.25, 0.3) is 10.9 Å². The van der Waals surface area contributed by atoms with Crippen LogP contribution in [0.5, 0.6) is 0 Å². The van der Waals surface area contributed by atoms with Gasteiger partial charge in [0.2, 0.25) is 0 Å². The predicted octanol–water partition coefficient (Wildman–Crippen LogP) is 1.46. The molecule has 1 aliphatic rings. The Morgan fingerprint density at radius 3 is 3.00 bits per heavy atom. The lowest BCUT2D eigenvalue weighted by Crippen LogP contribution is -2.37. The number of likely N-dealkylation sites (tertiary alicyclic amines) is 1. The van der Waals surface area contributed by atoms with Gasteiger partial charge < -0.3 is 5.73 Å². The first-order chi connectivity index (χ1) is 9.70. The van der Waals surface area contributed by atoms with Crippen molar-refractivity contribution >= 4 is 16.7 Å². The van der Waals surface area contributed by atoms with Crippen LogP contribution in [-0.4, -0.2) is 33.6 Å². The second kappa shape index (κ2) is 5.25. The molecule has 5 nitrogen and oxygen atoms in total. The average molecular weight is 272 g/mol. The second-order valence-electron chi connectivity index (χ2n) is 5.33. The van der Waals surface area contributed by atoms with Crippen molar-refractivity contribution in [3.8, 4) is 0 Å². The van der Waals surface area contributed by atoms with Crippen molar-refractivity contribution in [2.24, 2.45) is 0 Å². The summed E-state index contributed by atoms with van der Waals surface area (Å²) in [6.45, 7) is 4.91. The number of rotatable bonds is 3. The largest absolute Gasteiger partial charge is 0.384 e. The molecule has 3 rings (SSSR count). The highest BCUT2D eigenvalue weighted by atomic mass is 16.1. The highest BCUT2D eigenvalue weighted by Crippen LogP contribution is 2.21. The van der Waals surface area contributed by atoms with E-state index in [1.54, 1.807) is 4.57 Å². The van der Waals surface area contributed by atoms with Crippen LogP contribution < -0.4 is 11.4 Å². The molecule has 1 fully saturated rings. The second-order valence-corrected chi connectivity index (χ2v) is 5.33. The average Bonchev–Trinajstić information content (AvgIpc) is 2.90. The molecule has 2 N–H and O–H groups in total. The molecule has 0 radical (unpaired) electrons. The third kappa shape index (κ3) is 2.18. The summed E-state index contributed by atoms with van der Waals surface area (Å²) in [5.74, 6) is 0.531. The number of nitrogens with two attached hydrogens (primary N) is 1. The number of nitrogen functional groups attached to an aromatic ring is 1. The van der Waals surface area contributed by atoms with E-state index >= 15 is 0 Å². The summed E-state index contributed by atoms with van der Waals surface area (Å²) in [5.41, 5.74) is 6.61. The Labute approximate surface area is 118 Å². The molecule has 1 aromatic carbocycles. The summed E-state index contributed by atoms with van der Waals surface area (Å²) >= 11 is 0. The van der Waals surface area contributed by atoms with Gasteiger partial charge in [-0.05, 0) is 38.1 Å². The Kier molecular flexibility index (Phi) is 3.44. The molecule has 0 unspecified atom stereocenters. The Bertz CT molecular complexity index is 679. The molecule has 0 bridgehead atoms. The third-order valence-corrected chi connectivity index (χ3v) is 4.22. The summed E-state index contributed by atoms with van der Waals surface area (Å²) in [4.78, 5) is 18.7. The van der Waals surface area contributed by atoms with E-state index in [0.29, 0.717) is 23.9 Å². The zero-order valence-corrected chi connectivity index (χ0v) is 11.7. The number of fused-ring (bicyclic) bond motifs is 1. The zero-order chi connectivity index (χ0) is 14.1. The molecule has 106 valence electrons. The van der Waals surface area contributed by atoms with Crippen LogP contribution >= 0.6 is 0 Å². The fraction of sp³-hybridized carbons (Fsp3) is 0.467. The van der Waals surface area contributed by atoms with E-state index in [2.05, 4.69) is 16.8 Å². The maximum atomic E-state index is 12.2. The summed E-state index contributed by atoms with van der Waals surface area (Å²) in [5, 5.41) is 0.855. The molecule has 0 aliphatic carbocycles. The molecule has 5 heteroatoms. The molecule has 20 heavy (non-hydrogen) atoms. The number of hydrogen-bond donors (Lipinski definition) is 1. The van der Waals surface area contributed by atoms with E-state index in [1.807, 2.05) is 24.3 Å². The number of benzene rings is 1. The Balaban J connectivity index is 2.01. The van der Waals surface area contributed by atoms with Gasteiger partial charge in [0.05, 0.1) is 5.52 Å². The number of anilines is 1.